The van der Waals surface area contributed by atoms with E-state index in [0.717, 1.165) is 0 Å². The highest BCUT2D eigenvalue weighted by molar-refractivity contribution is 5.41. The fraction of sp³-hybridized carbons (Fsp3) is 0.444. The lowest BCUT2D eigenvalue weighted by Crippen LogP contribution is -2.39. The van der Waals surface area contributed by atoms with E-state index in [2.05, 4.69) is 10.3 Å². The Morgan fingerprint density at radius 2 is 2.27 bits per heavy atom. The number of aliphatic hydroxyl groups is 1. The molecule has 0 saturated heterocycles. The first kappa shape index (κ1) is 9.85. The van der Waals surface area contributed by atoms with Gasteiger partial charge in [-0.2, -0.15) is 0 Å². The van der Waals surface area contributed by atoms with Crippen molar-refractivity contribution in [2.45, 2.75) is 25.0 Å². The Morgan fingerprint density at radius 3 is 2.73 bits per heavy atom. The molecule has 0 bridgehead atoms. The topological polar surface area (TPSA) is 88.3 Å². The molecule has 1 heterocycles. The molecule has 1 saturated carbocycles. The highest BCUT2D eigenvalue weighted by Gasteiger charge is 2.27. The maximum atomic E-state index is 10.4. The van der Waals surface area contributed by atoms with E-state index in [-0.39, 0.29) is 17.8 Å². The van der Waals surface area contributed by atoms with Crippen LogP contribution in [0.15, 0.2) is 18.3 Å². The van der Waals surface area contributed by atoms with Gasteiger partial charge in [0.1, 0.15) is 12.0 Å². The number of aliphatic hydroxyl groups excluding tert-OH is 1. The minimum Gasteiger partial charge on any atom is -0.393 e. The third-order valence-electron chi connectivity index (χ3n) is 2.42. The highest BCUT2D eigenvalue weighted by atomic mass is 16.6. The Labute approximate surface area is 86.1 Å². The van der Waals surface area contributed by atoms with Gasteiger partial charge in [0.05, 0.1) is 11.0 Å². The van der Waals surface area contributed by atoms with Crippen LogP contribution in [0.3, 0.4) is 0 Å². The summed E-state index contributed by atoms with van der Waals surface area (Å²) in [5.74, 6) is 0.609. The lowest BCUT2D eigenvalue weighted by atomic mass is 9.89. The Hall–Kier alpha value is -1.69. The third kappa shape index (κ3) is 2.21. The number of rotatable bonds is 3. The van der Waals surface area contributed by atoms with Crippen molar-refractivity contribution in [3.8, 4) is 0 Å². The second-order valence-corrected chi connectivity index (χ2v) is 3.63. The zero-order valence-corrected chi connectivity index (χ0v) is 7.96. The summed E-state index contributed by atoms with van der Waals surface area (Å²) in [6.45, 7) is 0. The molecule has 1 aromatic heterocycles. The molecule has 1 aromatic rings. The first-order valence-corrected chi connectivity index (χ1v) is 4.70. The highest BCUT2D eigenvalue weighted by Crippen LogP contribution is 2.23. The van der Waals surface area contributed by atoms with E-state index in [1.165, 1.54) is 12.3 Å². The minimum atomic E-state index is -0.482. The van der Waals surface area contributed by atoms with Crippen molar-refractivity contribution in [3.05, 3.63) is 28.4 Å². The van der Waals surface area contributed by atoms with Gasteiger partial charge in [-0.15, -0.1) is 0 Å². The van der Waals surface area contributed by atoms with Crippen LogP contribution in [0, 0.1) is 10.1 Å². The van der Waals surface area contributed by atoms with Crippen LogP contribution >= 0.6 is 0 Å². The van der Waals surface area contributed by atoms with Gasteiger partial charge in [0.25, 0.3) is 5.69 Å². The lowest BCUT2D eigenvalue weighted by Gasteiger charge is -2.32. The third-order valence-corrected chi connectivity index (χ3v) is 2.42. The normalized spacial score (nSPS) is 24.3. The summed E-state index contributed by atoms with van der Waals surface area (Å²) in [5, 5.41) is 22.5. The zero-order chi connectivity index (χ0) is 10.8. The Bertz CT molecular complexity index is 359. The molecule has 0 radical (unpaired) electrons. The van der Waals surface area contributed by atoms with Gasteiger partial charge in [0.2, 0.25) is 0 Å². The van der Waals surface area contributed by atoms with Crippen molar-refractivity contribution >= 4 is 11.5 Å². The molecular weight excluding hydrogens is 198 g/mol. The van der Waals surface area contributed by atoms with Crippen LogP contribution in [0.5, 0.6) is 0 Å². The summed E-state index contributed by atoms with van der Waals surface area (Å²) in [6.07, 6.45) is 2.41. The number of hydrogen-bond acceptors (Lipinski definition) is 5. The molecular formula is C9H11N3O3. The molecule has 2 N–H and O–H groups in total. The monoisotopic (exact) mass is 209 g/mol. The van der Waals surface area contributed by atoms with Crippen molar-refractivity contribution in [1.29, 1.82) is 0 Å². The quantitative estimate of drug-likeness (QED) is 0.571. The first-order valence-electron chi connectivity index (χ1n) is 4.70. The average molecular weight is 209 g/mol. The molecule has 2 rings (SSSR count). The van der Waals surface area contributed by atoms with Crippen molar-refractivity contribution in [2.24, 2.45) is 0 Å². The predicted molar refractivity (Wildman–Crippen MR) is 53.5 cm³/mol. The molecule has 0 amide bonds. The van der Waals surface area contributed by atoms with Crippen molar-refractivity contribution in [1.82, 2.24) is 4.98 Å². The fourth-order valence-corrected chi connectivity index (χ4v) is 1.49. The van der Waals surface area contributed by atoms with E-state index in [0.29, 0.717) is 18.7 Å². The second kappa shape index (κ2) is 3.82. The van der Waals surface area contributed by atoms with Crippen LogP contribution in [-0.4, -0.2) is 27.2 Å². The summed E-state index contributed by atoms with van der Waals surface area (Å²) in [7, 11) is 0. The Kier molecular flexibility index (Phi) is 2.51. The minimum absolute atomic E-state index is 0.0193. The summed E-state index contributed by atoms with van der Waals surface area (Å²) >= 11 is 0. The maximum Gasteiger partial charge on any atom is 0.287 e. The molecule has 15 heavy (non-hydrogen) atoms. The molecule has 6 heteroatoms. The van der Waals surface area contributed by atoms with E-state index < -0.39 is 4.92 Å². The van der Waals surface area contributed by atoms with Gasteiger partial charge in [-0.1, -0.05) is 0 Å². The van der Waals surface area contributed by atoms with Crippen LogP contribution in [0.2, 0.25) is 0 Å². The number of anilines is 1. The number of aromatic nitrogens is 1. The second-order valence-electron chi connectivity index (χ2n) is 3.63. The summed E-state index contributed by atoms with van der Waals surface area (Å²) in [5.41, 5.74) is -0.0193. The summed E-state index contributed by atoms with van der Waals surface area (Å²) in [4.78, 5) is 13.8. The van der Waals surface area contributed by atoms with Crippen LogP contribution in [0.25, 0.3) is 0 Å². The molecule has 1 aliphatic rings. The summed E-state index contributed by atoms with van der Waals surface area (Å²) in [6, 6.07) is 3.21. The smallest absolute Gasteiger partial charge is 0.287 e. The van der Waals surface area contributed by atoms with E-state index in [1.54, 1.807) is 6.07 Å². The van der Waals surface area contributed by atoms with Gasteiger partial charge >= 0.3 is 0 Å². The van der Waals surface area contributed by atoms with Crippen molar-refractivity contribution < 1.29 is 10.0 Å². The van der Waals surface area contributed by atoms with Crippen molar-refractivity contribution in [2.75, 3.05) is 5.32 Å². The molecule has 80 valence electrons. The van der Waals surface area contributed by atoms with Crippen LogP contribution in [-0.2, 0) is 0 Å². The molecule has 6 nitrogen and oxygen atoms in total. The van der Waals surface area contributed by atoms with Gasteiger partial charge in [-0.05, 0) is 18.9 Å². The summed E-state index contributed by atoms with van der Waals surface area (Å²) < 4.78 is 0. The Morgan fingerprint density at radius 1 is 1.53 bits per heavy atom. The predicted octanol–water partition coefficient (Wildman–Crippen LogP) is 0.925. The van der Waals surface area contributed by atoms with Gasteiger partial charge in [0, 0.05) is 12.1 Å². The molecule has 0 unspecified atom stereocenters. The van der Waals surface area contributed by atoms with Crippen LogP contribution in [0.1, 0.15) is 12.8 Å². The lowest BCUT2D eigenvalue weighted by molar-refractivity contribution is -0.385. The van der Waals surface area contributed by atoms with Crippen LogP contribution in [0.4, 0.5) is 11.5 Å². The SMILES string of the molecule is O=[N+]([O-])c1ccc(NC2CC(O)C2)nc1. The molecule has 0 atom stereocenters. The molecule has 1 aliphatic carbocycles. The van der Waals surface area contributed by atoms with Crippen molar-refractivity contribution in [3.63, 3.8) is 0 Å². The number of nitrogens with zero attached hydrogens (tertiary/aromatic N) is 2. The van der Waals surface area contributed by atoms with E-state index in [1.807, 2.05) is 0 Å². The van der Waals surface area contributed by atoms with Gasteiger partial charge in [0.15, 0.2) is 0 Å². The molecule has 0 aliphatic heterocycles. The largest absolute Gasteiger partial charge is 0.393 e. The number of hydrogen-bond donors (Lipinski definition) is 2. The van der Waals surface area contributed by atoms with Gasteiger partial charge in [-0.3, -0.25) is 10.1 Å². The van der Waals surface area contributed by atoms with E-state index in [4.69, 9.17) is 5.11 Å². The van der Waals surface area contributed by atoms with Gasteiger partial charge < -0.3 is 10.4 Å². The number of nitro groups is 1. The Balaban J connectivity index is 1.95. The number of nitrogens with one attached hydrogen (secondary N) is 1. The molecule has 1 fully saturated rings. The van der Waals surface area contributed by atoms with E-state index >= 15 is 0 Å². The first-order chi connectivity index (χ1) is 7.15. The van der Waals surface area contributed by atoms with Crippen LogP contribution < -0.4 is 5.32 Å². The molecule has 0 spiro atoms. The standard InChI is InChI=1S/C9H11N3O3/c13-8-3-6(4-8)11-9-2-1-7(5-10-9)12(14)15/h1-2,5-6,8,13H,3-4H2,(H,10,11). The van der Waals surface area contributed by atoms with E-state index in [9.17, 15) is 10.1 Å². The zero-order valence-electron chi connectivity index (χ0n) is 7.96. The number of pyridine rings is 1. The average Bonchev–Trinajstić information content (AvgIpc) is 2.16. The maximum absolute atomic E-state index is 10.4. The fourth-order valence-electron chi connectivity index (χ4n) is 1.49. The molecule has 0 aromatic carbocycles. The van der Waals surface area contributed by atoms with Gasteiger partial charge in [-0.25, -0.2) is 4.98 Å².